The molecule has 0 saturated heterocycles. The molecule has 0 amide bonds. The third kappa shape index (κ3) is 4.05. The van der Waals surface area contributed by atoms with Crippen LogP contribution in [-0.4, -0.2) is 26.0 Å². The number of carbonyl (C=O) groups is 1. The number of nitrogens with one attached hydrogen (secondary N) is 1. The first kappa shape index (κ1) is 21.8. The second-order valence-electron chi connectivity index (χ2n) is 7.62. The van der Waals surface area contributed by atoms with Crippen molar-refractivity contribution in [2.24, 2.45) is 0 Å². The van der Waals surface area contributed by atoms with Gasteiger partial charge in [-0.1, -0.05) is 31.5 Å². The number of aromatic nitrogens is 1. The first-order chi connectivity index (χ1) is 15.3. The number of furan rings is 1. The van der Waals surface area contributed by atoms with Crippen molar-refractivity contribution in [3.8, 4) is 0 Å². The van der Waals surface area contributed by atoms with Crippen LogP contribution in [0.3, 0.4) is 0 Å². The van der Waals surface area contributed by atoms with Gasteiger partial charge in [-0.25, -0.2) is 13.2 Å². The number of para-hydroxylation sites is 1. The minimum absolute atomic E-state index is 0.0812. The van der Waals surface area contributed by atoms with E-state index in [1.807, 2.05) is 19.1 Å². The van der Waals surface area contributed by atoms with Crippen LogP contribution in [-0.2, 0) is 14.8 Å². The van der Waals surface area contributed by atoms with Crippen LogP contribution in [0.4, 0.5) is 5.69 Å². The lowest BCUT2D eigenvalue weighted by molar-refractivity contribution is 0.0500. The number of aryl methyl sites for hydroxylation is 2. The summed E-state index contributed by atoms with van der Waals surface area (Å²) in [5.74, 6) is -0.0511. The molecule has 0 saturated carbocycles. The Kier molecular flexibility index (Phi) is 5.88. The second kappa shape index (κ2) is 8.63. The molecule has 1 N–H and O–H groups in total. The van der Waals surface area contributed by atoms with Crippen LogP contribution < -0.4 is 4.72 Å². The number of hydrogen-bond acceptors (Lipinski definition) is 6. The van der Waals surface area contributed by atoms with E-state index in [1.165, 1.54) is 6.07 Å². The smallest absolute Gasteiger partial charge is 0.342 e. The number of nitrogens with zero attached hydrogens (tertiary/aromatic N) is 1. The number of esters is 1. The molecule has 4 rings (SSSR count). The predicted molar refractivity (Wildman–Crippen MR) is 123 cm³/mol. The van der Waals surface area contributed by atoms with Gasteiger partial charge in [-0.3, -0.25) is 9.71 Å². The van der Waals surface area contributed by atoms with Gasteiger partial charge in [-0.2, -0.15) is 0 Å². The number of ether oxygens (including phenoxy) is 1. The molecule has 2 heterocycles. The number of anilines is 1. The van der Waals surface area contributed by atoms with E-state index in [0.717, 1.165) is 18.2 Å². The maximum atomic E-state index is 13.2. The minimum atomic E-state index is -3.93. The molecule has 4 aromatic rings. The molecule has 0 unspecified atom stereocenters. The van der Waals surface area contributed by atoms with Gasteiger partial charge in [0.15, 0.2) is 0 Å². The van der Waals surface area contributed by atoms with Crippen LogP contribution in [0.25, 0.3) is 21.9 Å². The molecule has 2 aromatic heterocycles. The first-order valence-corrected chi connectivity index (χ1v) is 11.9. The highest BCUT2D eigenvalue weighted by Crippen LogP contribution is 2.33. The summed E-state index contributed by atoms with van der Waals surface area (Å²) < 4.78 is 40.2. The van der Waals surface area contributed by atoms with Crippen LogP contribution in [0, 0.1) is 13.8 Å². The van der Waals surface area contributed by atoms with Crippen molar-refractivity contribution < 1.29 is 22.4 Å². The summed E-state index contributed by atoms with van der Waals surface area (Å²) in [4.78, 5) is 17.0. The zero-order valence-corrected chi connectivity index (χ0v) is 19.0. The van der Waals surface area contributed by atoms with Crippen LogP contribution in [0.15, 0.2) is 58.0 Å². The molecule has 0 atom stereocenters. The van der Waals surface area contributed by atoms with E-state index in [4.69, 9.17) is 9.15 Å². The number of benzene rings is 2. The lowest BCUT2D eigenvalue weighted by Gasteiger charge is -2.12. The van der Waals surface area contributed by atoms with Gasteiger partial charge in [-0.15, -0.1) is 0 Å². The van der Waals surface area contributed by atoms with Crippen molar-refractivity contribution >= 4 is 43.6 Å². The van der Waals surface area contributed by atoms with Gasteiger partial charge in [0.05, 0.1) is 17.8 Å². The van der Waals surface area contributed by atoms with Crippen LogP contribution in [0.5, 0.6) is 0 Å². The van der Waals surface area contributed by atoms with Gasteiger partial charge in [0.1, 0.15) is 21.8 Å². The van der Waals surface area contributed by atoms with Crippen molar-refractivity contribution in [2.45, 2.75) is 38.5 Å². The molecule has 0 aliphatic heterocycles. The van der Waals surface area contributed by atoms with Crippen molar-refractivity contribution in [1.82, 2.24) is 4.98 Å². The summed E-state index contributed by atoms with van der Waals surface area (Å²) in [6, 6.07) is 11.9. The minimum Gasteiger partial charge on any atom is -0.462 e. The quantitative estimate of drug-likeness (QED) is 0.300. The third-order valence-corrected chi connectivity index (χ3v) is 6.67. The topological polar surface area (TPSA) is 98.5 Å². The number of pyridine rings is 1. The number of hydrogen-bond donors (Lipinski definition) is 1. The van der Waals surface area contributed by atoms with Gasteiger partial charge in [0.25, 0.3) is 10.0 Å². The fourth-order valence-corrected chi connectivity index (χ4v) is 4.91. The Labute approximate surface area is 186 Å². The Morgan fingerprint density at radius 3 is 2.72 bits per heavy atom. The molecule has 32 heavy (non-hydrogen) atoms. The van der Waals surface area contributed by atoms with Crippen molar-refractivity contribution in [1.29, 1.82) is 0 Å². The summed E-state index contributed by atoms with van der Waals surface area (Å²) in [5, 5.41) is 1.23. The molecule has 166 valence electrons. The predicted octanol–water partition coefficient (Wildman–Crippen LogP) is 5.36. The highest BCUT2D eigenvalue weighted by molar-refractivity contribution is 7.93. The monoisotopic (exact) mass is 452 g/mol. The average molecular weight is 453 g/mol. The van der Waals surface area contributed by atoms with Gasteiger partial charge in [0.2, 0.25) is 0 Å². The summed E-state index contributed by atoms with van der Waals surface area (Å²) >= 11 is 0. The standard InChI is InChI=1S/C24H24N2O5S/c1-4-5-12-30-24(27)22-16(3)31-20-13-15(2)19(14-18(20)22)26-32(28,29)21-10-6-8-17-9-7-11-25-23(17)21/h6-11,13-14,26H,4-5,12H2,1-3H3. The molecule has 0 radical (unpaired) electrons. The van der Waals surface area contributed by atoms with E-state index < -0.39 is 16.0 Å². The van der Waals surface area contributed by atoms with Gasteiger partial charge >= 0.3 is 5.97 Å². The number of sulfonamides is 1. The van der Waals surface area contributed by atoms with Crippen molar-refractivity contribution in [2.75, 3.05) is 11.3 Å². The molecule has 0 aliphatic carbocycles. The Balaban J connectivity index is 1.75. The molecule has 8 heteroatoms. The molecule has 0 aliphatic rings. The van der Waals surface area contributed by atoms with E-state index >= 15 is 0 Å². The zero-order chi connectivity index (χ0) is 22.9. The second-order valence-corrected chi connectivity index (χ2v) is 9.27. The summed E-state index contributed by atoms with van der Waals surface area (Å²) in [7, 11) is -3.93. The maximum Gasteiger partial charge on any atom is 0.342 e. The molecule has 0 bridgehead atoms. The molecule has 7 nitrogen and oxygen atoms in total. The van der Waals surface area contributed by atoms with Crippen molar-refractivity contribution in [3.05, 3.63) is 65.5 Å². The highest BCUT2D eigenvalue weighted by atomic mass is 32.2. The number of carbonyl (C=O) groups excluding carboxylic acids is 1. The summed E-state index contributed by atoms with van der Waals surface area (Å²) in [6.07, 6.45) is 3.24. The lowest BCUT2D eigenvalue weighted by atomic mass is 10.1. The lowest BCUT2D eigenvalue weighted by Crippen LogP contribution is -2.14. The van der Waals surface area contributed by atoms with Gasteiger partial charge < -0.3 is 9.15 Å². The number of fused-ring (bicyclic) bond motifs is 2. The van der Waals surface area contributed by atoms with E-state index in [9.17, 15) is 13.2 Å². The van der Waals surface area contributed by atoms with E-state index in [1.54, 1.807) is 44.3 Å². The highest BCUT2D eigenvalue weighted by Gasteiger charge is 2.23. The van der Waals surface area contributed by atoms with E-state index in [-0.39, 0.29) is 4.90 Å². The molecule has 0 spiro atoms. The average Bonchev–Trinajstić information content (AvgIpc) is 3.08. The Morgan fingerprint density at radius 2 is 1.94 bits per heavy atom. The SMILES string of the molecule is CCCCOC(=O)c1c(C)oc2cc(C)c(NS(=O)(=O)c3cccc4cccnc34)cc12. The van der Waals surface area contributed by atoms with Crippen LogP contribution in [0.2, 0.25) is 0 Å². The fourth-order valence-electron chi connectivity index (χ4n) is 3.60. The fraction of sp³-hybridized carbons (Fsp3) is 0.250. The number of unbranched alkanes of at least 4 members (excludes halogenated alkanes) is 1. The van der Waals surface area contributed by atoms with Gasteiger partial charge in [-0.05, 0) is 50.1 Å². The summed E-state index contributed by atoms with van der Waals surface area (Å²) in [5.41, 5.74) is 2.21. The maximum absolute atomic E-state index is 13.2. The van der Waals surface area contributed by atoms with Crippen LogP contribution >= 0.6 is 0 Å². The molecular weight excluding hydrogens is 428 g/mol. The first-order valence-electron chi connectivity index (χ1n) is 10.4. The van der Waals surface area contributed by atoms with Crippen molar-refractivity contribution in [3.63, 3.8) is 0 Å². The largest absolute Gasteiger partial charge is 0.462 e. The molecule has 0 fully saturated rings. The summed E-state index contributed by atoms with van der Waals surface area (Å²) in [6.45, 7) is 5.80. The zero-order valence-electron chi connectivity index (χ0n) is 18.1. The van der Waals surface area contributed by atoms with Gasteiger partial charge in [0, 0.05) is 17.0 Å². The Bertz CT molecular complexity index is 1420. The third-order valence-electron chi connectivity index (χ3n) is 5.28. The molecule has 2 aromatic carbocycles. The molecular formula is C24H24N2O5S. The Morgan fingerprint density at radius 1 is 1.16 bits per heavy atom. The Hall–Kier alpha value is -3.39. The number of rotatable bonds is 7. The normalized spacial score (nSPS) is 11.7. The van der Waals surface area contributed by atoms with E-state index in [2.05, 4.69) is 9.71 Å². The van der Waals surface area contributed by atoms with E-state index in [0.29, 0.717) is 45.7 Å². The van der Waals surface area contributed by atoms with Crippen LogP contribution in [0.1, 0.15) is 41.4 Å².